The molecule has 4 aromatic rings. The molecule has 1 aromatic heterocycles. The SMILES string of the molecule is Cc1cc(C(C)Nc2ccccc2C(=O)O)c2oc(N3Cc4ccc(Cl)cc4C3)cc(=O)c2c1. The molecule has 1 aliphatic rings. The minimum Gasteiger partial charge on any atom is -0.478 e. The van der Waals surface area contributed by atoms with E-state index in [1.807, 2.05) is 49.1 Å². The van der Waals surface area contributed by atoms with E-state index >= 15 is 0 Å². The van der Waals surface area contributed by atoms with Gasteiger partial charge in [-0.3, -0.25) is 4.79 Å². The molecular weight excluding hydrogens is 452 g/mol. The van der Waals surface area contributed by atoms with E-state index in [9.17, 15) is 14.7 Å². The minimum absolute atomic E-state index is 0.117. The van der Waals surface area contributed by atoms with Crippen LogP contribution in [0.25, 0.3) is 11.0 Å². The van der Waals surface area contributed by atoms with E-state index in [1.54, 1.807) is 24.3 Å². The zero-order valence-electron chi connectivity index (χ0n) is 18.8. The van der Waals surface area contributed by atoms with E-state index in [4.69, 9.17) is 16.0 Å². The highest BCUT2D eigenvalue weighted by Crippen LogP contribution is 2.34. The minimum atomic E-state index is -1.01. The number of rotatable bonds is 5. The van der Waals surface area contributed by atoms with Gasteiger partial charge in [0.25, 0.3) is 0 Å². The third kappa shape index (κ3) is 4.01. The second kappa shape index (κ2) is 8.54. The number of carboxylic acids is 1. The molecule has 0 saturated heterocycles. The van der Waals surface area contributed by atoms with Crippen LogP contribution in [0.2, 0.25) is 5.02 Å². The van der Waals surface area contributed by atoms with Crippen molar-refractivity contribution in [3.63, 3.8) is 0 Å². The maximum absolute atomic E-state index is 13.1. The Morgan fingerprint density at radius 3 is 2.65 bits per heavy atom. The van der Waals surface area contributed by atoms with Crippen LogP contribution in [-0.4, -0.2) is 11.1 Å². The van der Waals surface area contributed by atoms with Crippen LogP contribution >= 0.6 is 11.6 Å². The summed E-state index contributed by atoms with van der Waals surface area (Å²) in [5, 5.41) is 14.0. The van der Waals surface area contributed by atoms with Crippen molar-refractivity contribution in [2.75, 3.05) is 10.2 Å². The van der Waals surface area contributed by atoms with Crippen LogP contribution in [0.4, 0.5) is 11.6 Å². The number of carboxylic acid groups (broad SMARTS) is 1. The predicted octanol–water partition coefficient (Wildman–Crippen LogP) is 6.15. The Kier molecular flexibility index (Phi) is 5.54. The molecule has 2 N–H and O–H groups in total. The topological polar surface area (TPSA) is 82.8 Å². The lowest BCUT2D eigenvalue weighted by atomic mass is 10.0. The number of halogens is 1. The van der Waals surface area contributed by atoms with Gasteiger partial charge in [0.05, 0.1) is 17.0 Å². The van der Waals surface area contributed by atoms with Crippen molar-refractivity contribution in [2.24, 2.45) is 0 Å². The number of nitrogens with zero attached hydrogens (tertiary/aromatic N) is 1. The molecule has 34 heavy (non-hydrogen) atoms. The highest BCUT2D eigenvalue weighted by Gasteiger charge is 2.24. The molecule has 0 spiro atoms. The first-order valence-corrected chi connectivity index (χ1v) is 11.4. The average molecular weight is 475 g/mol. The second-order valence-corrected chi connectivity index (χ2v) is 9.10. The summed E-state index contributed by atoms with van der Waals surface area (Å²) < 4.78 is 6.35. The number of aromatic carboxylic acids is 1. The zero-order valence-corrected chi connectivity index (χ0v) is 19.5. The fourth-order valence-electron chi connectivity index (χ4n) is 4.52. The van der Waals surface area contributed by atoms with E-state index in [0.29, 0.717) is 40.7 Å². The Morgan fingerprint density at radius 1 is 1.09 bits per heavy atom. The molecule has 6 nitrogen and oxygen atoms in total. The number of para-hydroxylation sites is 1. The summed E-state index contributed by atoms with van der Waals surface area (Å²) in [6.07, 6.45) is 0. The van der Waals surface area contributed by atoms with Crippen LogP contribution in [0.3, 0.4) is 0 Å². The van der Waals surface area contributed by atoms with E-state index in [2.05, 4.69) is 5.32 Å². The quantitative estimate of drug-likeness (QED) is 0.361. The van der Waals surface area contributed by atoms with Crippen LogP contribution in [0.1, 0.15) is 45.6 Å². The molecule has 1 aliphatic heterocycles. The van der Waals surface area contributed by atoms with Crippen molar-refractivity contribution in [1.29, 1.82) is 0 Å². The van der Waals surface area contributed by atoms with Gasteiger partial charge < -0.3 is 19.7 Å². The molecule has 3 aromatic carbocycles. The van der Waals surface area contributed by atoms with E-state index in [-0.39, 0.29) is 17.0 Å². The summed E-state index contributed by atoms with van der Waals surface area (Å²) in [4.78, 5) is 26.8. The van der Waals surface area contributed by atoms with Crippen molar-refractivity contribution < 1.29 is 14.3 Å². The van der Waals surface area contributed by atoms with E-state index in [1.165, 1.54) is 6.07 Å². The van der Waals surface area contributed by atoms with Gasteiger partial charge >= 0.3 is 5.97 Å². The zero-order chi connectivity index (χ0) is 24.0. The van der Waals surface area contributed by atoms with E-state index in [0.717, 1.165) is 22.3 Å². The van der Waals surface area contributed by atoms with E-state index < -0.39 is 5.97 Å². The highest BCUT2D eigenvalue weighted by molar-refractivity contribution is 6.30. The number of anilines is 2. The number of hydrogen-bond donors (Lipinski definition) is 2. The third-order valence-electron chi connectivity index (χ3n) is 6.19. The molecule has 0 radical (unpaired) electrons. The van der Waals surface area contributed by atoms with Crippen molar-refractivity contribution >= 4 is 40.1 Å². The predicted molar refractivity (Wildman–Crippen MR) is 134 cm³/mol. The average Bonchev–Trinajstić information content (AvgIpc) is 3.22. The summed E-state index contributed by atoms with van der Waals surface area (Å²) in [6.45, 7) is 5.08. The lowest BCUT2D eigenvalue weighted by molar-refractivity contribution is 0.0698. The molecule has 1 atom stereocenters. The molecular formula is C27H23ClN2O4. The molecule has 0 amide bonds. The van der Waals surface area contributed by atoms with Gasteiger partial charge in [0.2, 0.25) is 5.88 Å². The molecule has 7 heteroatoms. The molecule has 5 rings (SSSR count). The maximum Gasteiger partial charge on any atom is 0.337 e. The van der Waals surface area contributed by atoms with Crippen LogP contribution in [0.5, 0.6) is 0 Å². The van der Waals surface area contributed by atoms with Gasteiger partial charge in [-0.25, -0.2) is 4.79 Å². The van der Waals surface area contributed by atoms with Gasteiger partial charge in [0, 0.05) is 35.4 Å². The molecule has 172 valence electrons. The molecule has 0 fully saturated rings. The normalized spacial score (nSPS) is 13.7. The van der Waals surface area contributed by atoms with Crippen molar-refractivity contribution in [2.45, 2.75) is 33.0 Å². The summed E-state index contributed by atoms with van der Waals surface area (Å²) >= 11 is 6.15. The van der Waals surface area contributed by atoms with Crippen molar-refractivity contribution in [3.05, 3.63) is 104 Å². The lowest BCUT2D eigenvalue weighted by Crippen LogP contribution is -2.17. The lowest BCUT2D eigenvalue weighted by Gasteiger charge is -2.21. The fraction of sp³-hybridized carbons (Fsp3) is 0.185. The number of carbonyl (C=O) groups is 1. The maximum atomic E-state index is 13.1. The fourth-order valence-corrected chi connectivity index (χ4v) is 4.72. The Hall–Kier alpha value is -3.77. The Balaban J connectivity index is 1.56. The highest BCUT2D eigenvalue weighted by atomic mass is 35.5. The monoisotopic (exact) mass is 474 g/mol. The van der Waals surface area contributed by atoms with Gasteiger partial charge in [-0.1, -0.05) is 35.9 Å². The summed E-state index contributed by atoms with van der Waals surface area (Å²) in [6, 6.07) is 17.6. The number of hydrogen-bond acceptors (Lipinski definition) is 5. The standard InChI is InChI=1S/C27H23ClN2O4/c1-15-9-21(16(2)29-23-6-4-3-5-20(23)27(32)33)26-22(10-15)24(31)12-25(34-26)30-13-17-7-8-19(28)11-18(17)14-30/h3-12,16,29H,13-14H2,1-2H3,(H,32,33). The van der Waals surface area contributed by atoms with Crippen LogP contribution < -0.4 is 15.6 Å². The van der Waals surface area contributed by atoms with Gasteiger partial charge in [0.15, 0.2) is 5.43 Å². The number of nitrogens with one attached hydrogen (secondary N) is 1. The number of fused-ring (bicyclic) bond motifs is 2. The first-order chi connectivity index (χ1) is 16.3. The van der Waals surface area contributed by atoms with Crippen molar-refractivity contribution in [3.8, 4) is 0 Å². The molecule has 2 heterocycles. The number of benzene rings is 3. The summed E-state index contributed by atoms with van der Waals surface area (Å²) in [5.41, 5.74) is 5.03. The summed E-state index contributed by atoms with van der Waals surface area (Å²) in [5.74, 6) is -0.514. The summed E-state index contributed by atoms with van der Waals surface area (Å²) in [7, 11) is 0. The Labute approximate surface area is 201 Å². The molecule has 0 bridgehead atoms. The van der Waals surface area contributed by atoms with Crippen LogP contribution in [0.15, 0.2) is 69.9 Å². The van der Waals surface area contributed by atoms with Crippen LogP contribution in [0, 0.1) is 6.92 Å². The van der Waals surface area contributed by atoms with Gasteiger partial charge in [-0.15, -0.1) is 0 Å². The van der Waals surface area contributed by atoms with Crippen LogP contribution in [-0.2, 0) is 13.1 Å². The third-order valence-corrected chi connectivity index (χ3v) is 6.42. The number of aryl methyl sites for hydroxylation is 1. The largest absolute Gasteiger partial charge is 0.478 e. The molecule has 0 aliphatic carbocycles. The second-order valence-electron chi connectivity index (χ2n) is 8.67. The Morgan fingerprint density at radius 2 is 1.85 bits per heavy atom. The van der Waals surface area contributed by atoms with Gasteiger partial charge in [-0.05, 0) is 60.9 Å². The van der Waals surface area contributed by atoms with Gasteiger partial charge in [0.1, 0.15) is 5.58 Å². The first kappa shape index (κ1) is 22.0. The molecule has 0 saturated carbocycles. The van der Waals surface area contributed by atoms with Gasteiger partial charge in [-0.2, -0.15) is 0 Å². The first-order valence-electron chi connectivity index (χ1n) is 11.0. The smallest absolute Gasteiger partial charge is 0.337 e. The van der Waals surface area contributed by atoms with Crippen molar-refractivity contribution in [1.82, 2.24) is 0 Å². The molecule has 1 unspecified atom stereocenters. The Bertz CT molecular complexity index is 1490.